The molecule has 0 saturated carbocycles. The number of carboxylic acid groups (broad SMARTS) is 2. The van der Waals surface area contributed by atoms with E-state index >= 15 is 0 Å². The maximum Gasteiger partial charge on any atom is 0.356 e. The van der Waals surface area contributed by atoms with Crippen molar-refractivity contribution in [3.8, 4) is 0 Å². The number of aromatic carboxylic acids is 1. The molecule has 1 aromatic heterocycles. The number of rotatable bonds is 5. The Bertz CT molecular complexity index is 388. The van der Waals surface area contributed by atoms with Gasteiger partial charge in [-0.2, -0.15) is 5.10 Å². The third kappa shape index (κ3) is 2.95. The Hall–Kier alpha value is -1.56. The van der Waals surface area contributed by atoms with Gasteiger partial charge in [-0.05, 0) is 12.8 Å². The van der Waals surface area contributed by atoms with E-state index in [1.165, 1.54) is 0 Å². The summed E-state index contributed by atoms with van der Waals surface area (Å²) in [5.74, 6) is -2.10. The van der Waals surface area contributed by atoms with Gasteiger partial charge in [0.2, 0.25) is 0 Å². The summed E-state index contributed by atoms with van der Waals surface area (Å²) in [7, 11) is 0. The highest BCUT2D eigenvalue weighted by atomic mass is 35.5. The van der Waals surface area contributed by atoms with Crippen molar-refractivity contribution < 1.29 is 19.8 Å². The van der Waals surface area contributed by atoms with Crippen molar-refractivity contribution in [2.24, 2.45) is 0 Å². The molecule has 82 valence electrons. The molecule has 1 rings (SSSR count). The lowest BCUT2D eigenvalue weighted by Gasteiger charge is -1.98. The van der Waals surface area contributed by atoms with Gasteiger partial charge in [-0.15, -0.1) is 0 Å². The third-order valence-corrected chi connectivity index (χ3v) is 2.15. The van der Waals surface area contributed by atoms with Crippen LogP contribution in [0.5, 0.6) is 0 Å². The average Bonchev–Trinajstić information content (AvgIpc) is 2.47. The second-order valence-electron chi connectivity index (χ2n) is 2.92. The molecule has 0 unspecified atom stereocenters. The largest absolute Gasteiger partial charge is 0.481 e. The first kappa shape index (κ1) is 11.5. The number of hydrogen-bond acceptors (Lipinski definition) is 3. The fourth-order valence-corrected chi connectivity index (χ4v) is 1.39. The van der Waals surface area contributed by atoms with Crippen molar-refractivity contribution in [3.63, 3.8) is 0 Å². The van der Waals surface area contributed by atoms with Crippen LogP contribution < -0.4 is 0 Å². The van der Waals surface area contributed by atoms with E-state index in [1.54, 1.807) is 0 Å². The van der Waals surface area contributed by atoms with Crippen molar-refractivity contribution >= 4 is 23.5 Å². The summed E-state index contributed by atoms with van der Waals surface area (Å²) < 4.78 is 0. The molecule has 1 heterocycles. The molecular formula is C8H9ClN2O4. The molecule has 0 radical (unpaired) electrons. The normalized spacial score (nSPS) is 10.2. The van der Waals surface area contributed by atoms with Gasteiger partial charge in [0.25, 0.3) is 0 Å². The standard InChI is InChI=1S/C8H9ClN2O4/c9-7-4(2-1-3-5(12)13)6(8(14)15)10-11-7/h1-3H2,(H,10,11)(H,12,13)(H,14,15). The fourth-order valence-electron chi connectivity index (χ4n) is 1.17. The summed E-state index contributed by atoms with van der Waals surface area (Å²) in [4.78, 5) is 20.9. The first-order valence-electron chi connectivity index (χ1n) is 4.20. The van der Waals surface area contributed by atoms with E-state index in [0.29, 0.717) is 12.0 Å². The zero-order valence-corrected chi connectivity index (χ0v) is 8.41. The number of carboxylic acids is 2. The number of halogens is 1. The van der Waals surface area contributed by atoms with Crippen LogP contribution in [0.1, 0.15) is 28.9 Å². The Kier molecular flexibility index (Phi) is 3.68. The summed E-state index contributed by atoms with van der Waals surface area (Å²) in [6, 6.07) is 0. The molecule has 6 nitrogen and oxygen atoms in total. The minimum absolute atomic E-state index is 0.0272. The van der Waals surface area contributed by atoms with E-state index in [2.05, 4.69) is 10.2 Å². The number of aromatic nitrogens is 2. The number of hydrogen-bond donors (Lipinski definition) is 3. The van der Waals surface area contributed by atoms with Gasteiger partial charge in [-0.1, -0.05) is 11.6 Å². The van der Waals surface area contributed by atoms with Gasteiger partial charge in [-0.25, -0.2) is 4.79 Å². The predicted octanol–water partition coefficient (Wildman–Crippen LogP) is 1.17. The topological polar surface area (TPSA) is 103 Å². The predicted molar refractivity (Wildman–Crippen MR) is 51.1 cm³/mol. The quantitative estimate of drug-likeness (QED) is 0.707. The average molecular weight is 233 g/mol. The summed E-state index contributed by atoms with van der Waals surface area (Å²) in [5, 5.41) is 23.2. The second kappa shape index (κ2) is 4.79. The van der Waals surface area contributed by atoms with E-state index in [9.17, 15) is 9.59 Å². The molecule has 1 aromatic rings. The summed E-state index contributed by atoms with van der Waals surface area (Å²) in [6.45, 7) is 0. The van der Waals surface area contributed by atoms with Crippen LogP contribution in [0.2, 0.25) is 5.15 Å². The van der Waals surface area contributed by atoms with Crippen LogP contribution in [0.3, 0.4) is 0 Å². The number of nitrogens with one attached hydrogen (secondary N) is 1. The molecule has 0 atom stereocenters. The zero-order valence-electron chi connectivity index (χ0n) is 7.66. The SMILES string of the molecule is O=C(O)CCCc1c(C(=O)O)n[nH]c1Cl. The minimum atomic E-state index is -1.18. The van der Waals surface area contributed by atoms with E-state index in [4.69, 9.17) is 21.8 Å². The van der Waals surface area contributed by atoms with Gasteiger partial charge in [0.15, 0.2) is 5.69 Å². The van der Waals surface area contributed by atoms with Crippen LogP contribution in [0.15, 0.2) is 0 Å². The highest BCUT2D eigenvalue weighted by Crippen LogP contribution is 2.19. The van der Waals surface area contributed by atoms with Crippen LogP contribution >= 0.6 is 11.6 Å². The second-order valence-corrected chi connectivity index (χ2v) is 3.30. The molecule has 0 aliphatic rings. The first-order chi connectivity index (χ1) is 7.02. The van der Waals surface area contributed by atoms with Crippen LogP contribution in [-0.2, 0) is 11.2 Å². The lowest BCUT2D eigenvalue weighted by atomic mass is 10.1. The molecule has 0 aromatic carbocycles. The molecule has 0 saturated heterocycles. The molecule has 0 amide bonds. The van der Waals surface area contributed by atoms with E-state index in [-0.39, 0.29) is 23.7 Å². The fraction of sp³-hybridized carbons (Fsp3) is 0.375. The third-order valence-electron chi connectivity index (χ3n) is 1.84. The van der Waals surface area contributed by atoms with Gasteiger partial charge in [0.05, 0.1) is 0 Å². The van der Waals surface area contributed by atoms with Crippen LogP contribution in [0.4, 0.5) is 0 Å². The van der Waals surface area contributed by atoms with E-state index in [0.717, 1.165) is 0 Å². The van der Waals surface area contributed by atoms with Crippen molar-refractivity contribution in [2.75, 3.05) is 0 Å². The molecule has 0 bridgehead atoms. The van der Waals surface area contributed by atoms with Gasteiger partial charge in [-0.3, -0.25) is 9.89 Å². The zero-order chi connectivity index (χ0) is 11.4. The molecule has 15 heavy (non-hydrogen) atoms. The smallest absolute Gasteiger partial charge is 0.356 e. The summed E-state index contributed by atoms with van der Waals surface area (Å²) in [6.07, 6.45) is 0.582. The Morgan fingerprint density at radius 1 is 1.40 bits per heavy atom. The molecule has 0 aliphatic heterocycles. The molecule has 0 fully saturated rings. The highest BCUT2D eigenvalue weighted by Gasteiger charge is 2.17. The van der Waals surface area contributed by atoms with E-state index < -0.39 is 11.9 Å². The highest BCUT2D eigenvalue weighted by molar-refractivity contribution is 6.30. The number of H-pyrrole nitrogens is 1. The lowest BCUT2D eigenvalue weighted by molar-refractivity contribution is -0.137. The van der Waals surface area contributed by atoms with Crippen molar-refractivity contribution in [3.05, 3.63) is 16.4 Å². The maximum atomic E-state index is 10.7. The van der Waals surface area contributed by atoms with E-state index in [1.807, 2.05) is 0 Å². The molecule has 3 N–H and O–H groups in total. The van der Waals surface area contributed by atoms with Gasteiger partial charge in [0.1, 0.15) is 5.15 Å². The van der Waals surface area contributed by atoms with Crippen LogP contribution in [0, 0.1) is 0 Å². The van der Waals surface area contributed by atoms with Gasteiger partial charge >= 0.3 is 11.9 Å². The Morgan fingerprint density at radius 3 is 2.60 bits per heavy atom. The van der Waals surface area contributed by atoms with Crippen LogP contribution in [0.25, 0.3) is 0 Å². The molecule has 7 heteroatoms. The van der Waals surface area contributed by atoms with Crippen molar-refractivity contribution in [1.82, 2.24) is 10.2 Å². The Balaban J connectivity index is 2.70. The number of aromatic amines is 1. The summed E-state index contributed by atoms with van der Waals surface area (Å²) >= 11 is 5.68. The van der Waals surface area contributed by atoms with Crippen LogP contribution in [-0.4, -0.2) is 32.3 Å². The first-order valence-corrected chi connectivity index (χ1v) is 4.58. The lowest BCUT2D eigenvalue weighted by Crippen LogP contribution is -2.03. The summed E-state index contributed by atoms with van der Waals surface area (Å²) in [5.41, 5.74) is 0.204. The number of aliphatic carboxylic acids is 1. The van der Waals surface area contributed by atoms with Crippen molar-refractivity contribution in [2.45, 2.75) is 19.3 Å². The monoisotopic (exact) mass is 232 g/mol. The number of carbonyl (C=O) groups is 2. The minimum Gasteiger partial charge on any atom is -0.481 e. The Morgan fingerprint density at radius 2 is 2.07 bits per heavy atom. The maximum absolute atomic E-state index is 10.7. The number of nitrogens with zero attached hydrogens (tertiary/aromatic N) is 1. The van der Waals surface area contributed by atoms with Crippen molar-refractivity contribution in [1.29, 1.82) is 0 Å². The van der Waals surface area contributed by atoms with Gasteiger partial charge in [0, 0.05) is 12.0 Å². The molecule has 0 aliphatic carbocycles. The molecule has 0 spiro atoms. The Labute approximate surface area is 89.9 Å². The van der Waals surface area contributed by atoms with Gasteiger partial charge < -0.3 is 10.2 Å². The molecular weight excluding hydrogens is 224 g/mol.